The van der Waals surface area contributed by atoms with Gasteiger partial charge in [0, 0.05) is 5.38 Å². The number of carbonyl (C=O) groups is 1. The van der Waals surface area contributed by atoms with E-state index in [1.165, 1.54) is 22.8 Å². The number of nitrogens with one attached hydrogen (secondary N) is 1. The van der Waals surface area contributed by atoms with Gasteiger partial charge in [0.1, 0.15) is 0 Å². The van der Waals surface area contributed by atoms with E-state index in [1.54, 1.807) is 19.2 Å². The lowest BCUT2D eigenvalue weighted by atomic mass is 10.1. The van der Waals surface area contributed by atoms with Crippen molar-refractivity contribution in [3.8, 4) is 0 Å². The zero-order valence-corrected chi connectivity index (χ0v) is 15.8. The standard InChI is InChI=1S/C16H20N2O5S2/c1-11-8-12(2)15(13(3)9-11)18(23-6-5-19)16(20)17-25(21,22)14-4-7-24-10-14/h4,7-10,19H,5-6H2,1-3H3,(H,17,20). The van der Waals surface area contributed by atoms with E-state index in [2.05, 4.69) is 0 Å². The number of anilines is 1. The second-order valence-corrected chi connectivity index (χ2v) is 7.93. The second kappa shape index (κ2) is 7.96. The first-order valence-corrected chi connectivity index (χ1v) is 9.89. The summed E-state index contributed by atoms with van der Waals surface area (Å²) in [5.41, 5.74) is 2.95. The number of sulfonamides is 1. The van der Waals surface area contributed by atoms with Crippen molar-refractivity contribution in [3.05, 3.63) is 45.6 Å². The molecule has 9 heteroatoms. The molecule has 0 aliphatic carbocycles. The van der Waals surface area contributed by atoms with E-state index in [1.807, 2.05) is 23.8 Å². The summed E-state index contributed by atoms with van der Waals surface area (Å²) in [6.07, 6.45) is 0. The highest BCUT2D eigenvalue weighted by Crippen LogP contribution is 2.27. The van der Waals surface area contributed by atoms with Gasteiger partial charge >= 0.3 is 6.03 Å². The van der Waals surface area contributed by atoms with E-state index >= 15 is 0 Å². The van der Waals surface area contributed by atoms with Gasteiger partial charge in [0.15, 0.2) is 0 Å². The molecule has 0 aliphatic heterocycles. The molecular formula is C16H20N2O5S2. The van der Waals surface area contributed by atoms with Gasteiger partial charge in [-0.3, -0.25) is 4.84 Å². The molecule has 7 nitrogen and oxygen atoms in total. The summed E-state index contributed by atoms with van der Waals surface area (Å²) in [6.45, 7) is 5.05. The van der Waals surface area contributed by atoms with Crippen LogP contribution in [0.2, 0.25) is 0 Å². The van der Waals surface area contributed by atoms with Crippen LogP contribution in [0.3, 0.4) is 0 Å². The molecule has 0 aliphatic rings. The molecule has 0 unspecified atom stereocenters. The number of benzene rings is 1. The Bertz CT molecular complexity index is 824. The summed E-state index contributed by atoms with van der Waals surface area (Å²) in [4.78, 5) is 17.9. The average molecular weight is 384 g/mol. The van der Waals surface area contributed by atoms with Gasteiger partial charge in [-0.2, -0.15) is 16.4 Å². The van der Waals surface area contributed by atoms with Crippen LogP contribution in [0.5, 0.6) is 0 Å². The molecule has 2 N–H and O–H groups in total. The number of urea groups is 1. The predicted molar refractivity (Wildman–Crippen MR) is 96.2 cm³/mol. The summed E-state index contributed by atoms with van der Waals surface area (Å²) in [6, 6.07) is 4.17. The van der Waals surface area contributed by atoms with Crippen molar-refractivity contribution in [2.24, 2.45) is 0 Å². The Kier molecular flexibility index (Phi) is 6.17. The molecule has 2 amide bonds. The number of rotatable bonds is 6. The Labute approximate surface area is 150 Å². The number of hydrogen-bond donors (Lipinski definition) is 2. The van der Waals surface area contributed by atoms with Crippen LogP contribution >= 0.6 is 11.3 Å². The third-order valence-corrected chi connectivity index (χ3v) is 5.51. The Morgan fingerprint density at radius 3 is 2.44 bits per heavy atom. The smallest absolute Gasteiger partial charge is 0.360 e. The normalized spacial score (nSPS) is 11.4. The fourth-order valence-corrected chi connectivity index (χ4v) is 4.42. The second-order valence-electron chi connectivity index (χ2n) is 5.47. The van der Waals surface area contributed by atoms with Crippen molar-refractivity contribution in [1.29, 1.82) is 0 Å². The molecule has 136 valence electrons. The minimum atomic E-state index is -4.00. The fraction of sp³-hybridized carbons (Fsp3) is 0.312. The molecule has 1 aromatic heterocycles. The molecule has 0 saturated carbocycles. The Morgan fingerprint density at radius 1 is 1.28 bits per heavy atom. The predicted octanol–water partition coefficient (Wildman–Crippen LogP) is 2.50. The van der Waals surface area contributed by atoms with E-state index in [0.717, 1.165) is 21.8 Å². The maximum atomic E-state index is 12.6. The molecule has 0 fully saturated rings. The molecule has 0 atom stereocenters. The number of carbonyl (C=O) groups excluding carboxylic acids is 1. The average Bonchev–Trinajstić information content (AvgIpc) is 3.04. The summed E-state index contributed by atoms with van der Waals surface area (Å²) < 4.78 is 26.6. The molecule has 0 bridgehead atoms. The van der Waals surface area contributed by atoms with Crippen molar-refractivity contribution in [1.82, 2.24) is 4.72 Å². The summed E-state index contributed by atoms with van der Waals surface area (Å²) in [7, 11) is -4.00. The quantitative estimate of drug-likeness (QED) is 0.746. The molecule has 1 aromatic carbocycles. The van der Waals surface area contributed by atoms with Crippen molar-refractivity contribution >= 4 is 33.1 Å². The van der Waals surface area contributed by atoms with Crippen LogP contribution in [-0.4, -0.2) is 32.8 Å². The lowest BCUT2D eigenvalue weighted by molar-refractivity contribution is 0.0838. The monoisotopic (exact) mass is 384 g/mol. The van der Waals surface area contributed by atoms with Crippen LogP contribution in [0.15, 0.2) is 33.9 Å². The van der Waals surface area contributed by atoms with E-state index < -0.39 is 16.1 Å². The molecule has 0 saturated heterocycles. The third-order valence-electron chi connectivity index (χ3n) is 3.36. The zero-order chi connectivity index (χ0) is 18.6. The van der Waals surface area contributed by atoms with Crippen molar-refractivity contribution in [3.63, 3.8) is 0 Å². The summed E-state index contributed by atoms with van der Waals surface area (Å²) in [5, 5.41) is 12.9. The van der Waals surface area contributed by atoms with Crippen LogP contribution in [0.1, 0.15) is 16.7 Å². The maximum Gasteiger partial charge on any atom is 0.360 e. The Morgan fingerprint density at radius 2 is 1.92 bits per heavy atom. The highest BCUT2D eigenvalue weighted by Gasteiger charge is 2.26. The highest BCUT2D eigenvalue weighted by atomic mass is 32.2. The number of aliphatic hydroxyl groups excluding tert-OH is 1. The number of hydroxylamine groups is 1. The highest BCUT2D eigenvalue weighted by molar-refractivity contribution is 7.90. The van der Waals surface area contributed by atoms with Gasteiger partial charge in [0.25, 0.3) is 10.0 Å². The number of hydrogen-bond acceptors (Lipinski definition) is 6. The van der Waals surface area contributed by atoms with Crippen molar-refractivity contribution < 1.29 is 23.2 Å². The summed E-state index contributed by atoms with van der Waals surface area (Å²) in [5.74, 6) is 0. The maximum absolute atomic E-state index is 12.6. The van der Waals surface area contributed by atoms with E-state index in [-0.39, 0.29) is 18.1 Å². The molecule has 2 rings (SSSR count). The van der Waals surface area contributed by atoms with Gasteiger partial charge in [0.05, 0.1) is 23.8 Å². The lowest BCUT2D eigenvalue weighted by Gasteiger charge is -2.25. The number of thiophene rings is 1. The van der Waals surface area contributed by atoms with Gasteiger partial charge in [-0.1, -0.05) is 17.7 Å². The van der Waals surface area contributed by atoms with Crippen molar-refractivity contribution in [2.75, 3.05) is 18.3 Å². The van der Waals surface area contributed by atoms with E-state index in [4.69, 9.17) is 9.94 Å². The zero-order valence-electron chi connectivity index (χ0n) is 14.1. The number of nitrogens with zero attached hydrogens (tertiary/aromatic N) is 1. The van der Waals surface area contributed by atoms with Gasteiger partial charge in [0.2, 0.25) is 0 Å². The van der Waals surface area contributed by atoms with Crippen molar-refractivity contribution in [2.45, 2.75) is 25.7 Å². The first-order chi connectivity index (χ1) is 11.8. The lowest BCUT2D eigenvalue weighted by Crippen LogP contribution is -2.44. The van der Waals surface area contributed by atoms with Crippen LogP contribution in [0.25, 0.3) is 0 Å². The molecule has 0 radical (unpaired) electrons. The minimum Gasteiger partial charge on any atom is -0.394 e. The third kappa shape index (κ3) is 4.57. The largest absolute Gasteiger partial charge is 0.394 e. The minimum absolute atomic E-state index is 0.00491. The first kappa shape index (κ1) is 19.4. The Balaban J connectivity index is 2.36. The van der Waals surface area contributed by atoms with Gasteiger partial charge in [-0.05, 0) is 43.3 Å². The molecular weight excluding hydrogens is 364 g/mol. The molecule has 25 heavy (non-hydrogen) atoms. The van der Waals surface area contributed by atoms with Gasteiger partial charge in [-0.25, -0.2) is 17.9 Å². The molecule has 0 spiro atoms. The first-order valence-electron chi connectivity index (χ1n) is 7.47. The van der Waals surface area contributed by atoms with Crippen LogP contribution in [0.4, 0.5) is 10.5 Å². The Hall–Kier alpha value is -1.94. The van der Waals surface area contributed by atoms with Crippen LogP contribution in [-0.2, 0) is 14.9 Å². The number of amides is 2. The van der Waals surface area contributed by atoms with Gasteiger partial charge < -0.3 is 5.11 Å². The number of aryl methyl sites for hydroxylation is 3. The fourth-order valence-electron chi connectivity index (χ4n) is 2.47. The topological polar surface area (TPSA) is 95.9 Å². The van der Waals surface area contributed by atoms with Gasteiger partial charge in [-0.15, -0.1) is 0 Å². The molecule has 2 aromatic rings. The SMILES string of the molecule is Cc1cc(C)c(N(OCCO)C(=O)NS(=O)(=O)c2ccsc2)c(C)c1. The van der Waals surface area contributed by atoms with Crippen LogP contribution in [0, 0.1) is 20.8 Å². The summed E-state index contributed by atoms with van der Waals surface area (Å²) >= 11 is 1.21. The van der Waals surface area contributed by atoms with E-state index in [9.17, 15) is 13.2 Å². The molecule has 1 heterocycles. The van der Waals surface area contributed by atoms with E-state index in [0.29, 0.717) is 5.69 Å². The van der Waals surface area contributed by atoms with Crippen LogP contribution < -0.4 is 9.79 Å². The number of aliphatic hydroxyl groups is 1.